The summed E-state index contributed by atoms with van der Waals surface area (Å²) < 4.78 is 5.41. The summed E-state index contributed by atoms with van der Waals surface area (Å²) in [5.41, 5.74) is 1.96. The standard InChI is InChI=1S/C14H29N3.C13H26N2O.C13H26N2.C10H21N.C9H20N2/c1-14(2,3)17-7-5-13(6-8-17)16-11-9-15(4)10-12-16;1-13(2,3)15-6-4-12(5-7-15)14-8-10-16-11-9-14;1-13(2,3)15-10-6-12(7-11-15)14-8-4-5-9-14;1-10(2,3)9-5-7-11(4)8-6-9;1-9(2,3)11-7-5-10(4)6-8-11/h13H,5-12H2,1-4H3;12H,4-11H2,1-3H3;12H,4-11H2,1-3H3;9H,5-8H2,1-4H3;5-8H2,1-4H3. The van der Waals surface area contributed by atoms with Crippen LogP contribution in [0.25, 0.3) is 0 Å². The molecule has 0 N–H and O–H groups in total. The second kappa shape index (κ2) is 28.6. The molecule has 8 fully saturated rings. The summed E-state index contributed by atoms with van der Waals surface area (Å²) >= 11 is 0. The number of rotatable bonds is 3. The summed E-state index contributed by atoms with van der Waals surface area (Å²) in [5.74, 6) is 0.943. The fourth-order valence-electron chi connectivity index (χ4n) is 12.3. The molecule has 0 saturated carbocycles. The van der Waals surface area contributed by atoms with Gasteiger partial charge in [-0.2, -0.15) is 0 Å². The Kier molecular flexibility index (Phi) is 25.4. The lowest BCUT2D eigenvalue weighted by Gasteiger charge is -2.45. The van der Waals surface area contributed by atoms with Crippen LogP contribution in [-0.2, 0) is 4.74 Å². The summed E-state index contributed by atoms with van der Waals surface area (Å²) in [7, 11) is 6.65. The molecule has 0 spiro atoms. The largest absolute Gasteiger partial charge is 0.379 e. The lowest BCUT2D eigenvalue weighted by Crippen LogP contribution is -2.54. The van der Waals surface area contributed by atoms with E-state index in [1.165, 1.54) is 182 Å². The molecule has 0 aromatic carbocycles. The van der Waals surface area contributed by atoms with Gasteiger partial charge in [-0.1, -0.05) is 20.8 Å². The summed E-state index contributed by atoms with van der Waals surface area (Å²) in [4.78, 5) is 25.8. The van der Waals surface area contributed by atoms with Gasteiger partial charge in [-0.05, 0) is 206 Å². The number of hydrogen-bond donors (Lipinski definition) is 0. The van der Waals surface area contributed by atoms with Gasteiger partial charge in [-0.3, -0.25) is 29.4 Å². The van der Waals surface area contributed by atoms with Crippen molar-refractivity contribution in [1.82, 2.24) is 49.0 Å². The highest BCUT2D eigenvalue weighted by atomic mass is 16.5. The summed E-state index contributed by atoms with van der Waals surface area (Å²) in [5, 5.41) is 0. The molecule has 11 heteroatoms. The zero-order chi connectivity index (χ0) is 51.9. The van der Waals surface area contributed by atoms with E-state index in [2.05, 4.69) is 174 Å². The monoisotopic (exact) mass is 987 g/mol. The van der Waals surface area contributed by atoms with Gasteiger partial charge in [0.25, 0.3) is 0 Å². The molecule has 0 aliphatic carbocycles. The molecular weight excluding hydrogens is 865 g/mol. The summed E-state index contributed by atoms with van der Waals surface area (Å²) in [6.45, 7) is 62.0. The van der Waals surface area contributed by atoms with Gasteiger partial charge in [0, 0.05) is 145 Å². The highest BCUT2D eigenvalue weighted by Crippen LogP contribution is 2.34. The number of piperazine rings is 2. The Hall–Kier alpha value is -0.440. The second-order valence-corrected chi connectivity index (χ2v) is 28.3. The number of morpholine rings is 1. The van der Waals surface area contributed by atoms with Crippen molar-refractivity contribution in [3.05, 3.63) is 0 Å². The molecule has 414 valence electrons. The first kappa shape index (κ1) is 62.1. The van der Waals surface area contributed by atoms with Crippen LogP contribution in [0.1, 0.15) is 168 Å². The Morgan fingerprint density at radius 2 is 0.557 bits per heavy atom. The van der Waals surface area contributed by atoms with Crippen LogP contribution in [0, 0.1) is 11.3 Å². The van der Waals surface area contributed by atoms with E-state index in [-0.39, 0.29) is 0 Å². The Morgan fingerprint density at radius 1 is 0.286 bits per heavy atom. The van der Waals surface area contributed by atoms with Crippen LogP contribution >= 0.6 is 0 Å². The SMILES string of the molecule is CC(C)(C)N1CCC(N2CCCC2)CC1.CC(C)(C)N1CCC(N2CCOCC2)CC1.CN1CCC(C(C)(C)C)CC1.CN1CCN(C(C)(C)C)CC1.CN1CCN(C2CCN(C(C)(C)C)CC2)CC1. The molecule has 0 aromatic heterocycles. The third-order valence-electron chi connectivity index (χ3n) is 17.9. The van der Waals surface area contributed by atoms with Gasteiger partial charge in [0.15, 0.2) is 0 Å². The average molecular weight is 988 g/mol. The molecule has 0 radical (unpaired) electrons. The van der Waals surface area contributed by atoms with Crippen LogP contribution in [0.2, 0.25) is 0 Å². The van der Waals surface area contributed by atoms with Gasteiger partial charge in [0.2, 0.25) is 0 Å². The minimum atomic E-state index is 0.343. The van der Waals surface area contributed by atoms with Crippen LogP contribution in [0.15, 0.2) is 0 Å². The Morgan fingerprint density at radius 3 is 0.871 bits per heavy atom. The van der Waals surface area contributed by atoms with E-state index < -0.39 is 0 Å². The number of likely N-dealkylation sites (tertiary alicyclic amines) is 5. The molecule has 8 rings (SSSR count). The lowest BCUT2D eigenvalue weighted by atomic mass is 9.75. The maximum Gasteiger partial charge on any atom is 0.0594 e. The van der Waals surface area contributed by atoms with Crippen LogP contribution in [-0.4, -0.2) is 255 Å². The first-order valence-corrected chi connectivity index (χ1v) is 29.5. The zero-order valence-corrected chi connectivity index (χ0v) is 50.3. The molecule has 0 amide bonds. The highest BCUT2D eigenvalue weighted by molar-refractivity contribution is 4.90. The number of piperidine rings is 4. The maximum absolute atomic E-state index is 5.41. The van der Waals surface area contributed by atoms with E-state index in [1.54, 1.807) is 0 Å². The van der Waals surface area contributed by atoms with Crippen LogP contribution in [0.5, 0.6) is 0 Å². The average Bonchev–Trinajstić information content (AvgIpc) is 3.85. The minimum absolute atomic E-state index is 0.343. The van der Waals surface area contributed by atoms with Crippen molar-refractivity contribution in [2.75, 3.05) is 165 Å². The van der Waals surface area contributed by atoms with E-state index >= 15 is 0 Å². The zero-order valence-electron chi connectivity index (χ0n) is 50.3. The van der Waals surface area contributed by atoms with Gasteiger partial charge in [-0.25, -0.2) is 0 Å². The fourth-order valence-corrected chi connectivity index (χ4v) is 12.3. The van der Waals surface area contributed by atoms with E-state index in [1.807, 2.05) is 0 Å². The van der Waals surface area contributed by atoms with Crippen molar-refractivity contribution in [3.8, 4) is 0 Å². The molecule has 8 aliphatic heterocycles. The molecule has 0 bridgehead atoms. The van der Waals surface area contributed by atoms with Gasteiger partial charge >= 0.3 is 0 Å². The first-order chi connectivity index (χ1) is 32.6. The Labute approximate surface area is 437 Å². The van der Waals surface area contributed by atoms with Gasteiger partial charge in [0.1, 0.15) is 0 Å². The molecule has 0 atom stereocenters. The Balaban J connectivity index is 0.000000192. The van der Waals surface area contributed by atoms with E-state index in [0.29, 0.717) is 27.6 Å². The Bertz CT molecular complexity index is 1320. The van der Waals surface area contributed by atoms with Gasteiger partial charge in [0.05, 0.1) is 13.2 Å². The molecule has 0 unspecified atom stereocenters. The van der Waals surface area contributed by atoms with Crippen LogP contribution < -0.4 is 0 Å². The highest BCUT2D eigenvalue weighted by Gasteiger charge is 2.34. The molecular formula is C59H122N10O. The van der Waals surface area contributed by atoms with Crippen molar-refractivity contribution < 1.29 is 4.74 Å². The van der Waals surface area contributed by atoms with E-state index in [4.69, 9.17) is 4.74 Å². The smallest absolute Gasteiger partial charge is 0.0594 e. The summed E-state index contributed by atoms with van der Waals surface area (Å²) in [6, 6.07) is 2.55. The number of nitrogens with zero attached hydrogens (tertiary/aromatic N) is 10. The number of likely N-dealkylation sites (N-methyl/N-ethyl adjacent to an activating group) is 2. The number of hydrogen-bond acceptors (Lipinski definition) is 11. The quantitative estimate of drug-likeness (QED) is 0.273. The predicted octanol–water partition coefficient (Wildman–Crippen LogP) is 8.83. The van der Waals surface area contributed by atoms with Crippen molar-refractivity contribution in [2.24, 2.45) is 11.3 Å². The maximum atomic E-state index is 5.41. The van der Waals surface area contributed by atoms with Crippen molar-refractivity contribution in [3.63, 3.8) is 0 Å². The number of ether oxygens (including phenoxy) is 1. The third-order valence-corrected chi connectivity index (χ3v) is 17.9. The van der Waals surface area contributed by atoms with Gasteiger partial charge in [-0.15, -0.1) is 0 Å². The molecule has 0 aromatic rings. The second-order valence-electron chi connectivity index (χ2n) is 28.3. The molecule has 8 saturated heterocycles. The van der Waals surface area contributed by atoms with Crippen LogP contribution in [0.3, 0.4) is 0 Å². The van der Waals surface area contributed by atoms with E-state index in [9.17, 15) is 0 Å². The normalized spacial score (nSPS) is 26.3. The lowest BCUT2D eigenvalue weighted by molar-refractivity contribution is -0.00891. The predicted molar refractivity (Wildman–Crippen MR) is 304 cm³/mol. The molecule has 8 aliphatic rings. The van der Waals surface area contributed by atoms with Gasteiger partial charge < -0.3 is 24.3 Å². The van der Waals surface area contributed by atoms with E-state index in [0.717, 1.165) is 50.3 Å². The fraction of sp³-hybridized carbons (Fsp3) is 1.00. The minimum Gasteiger partial charge on any atom is -0.379 e. The topological polar surface area (TPSA) is 41.6 Å². The molecule has 70 heavy (non-hydrogen) atoms. The van der Waals surface area contributed by atoms with Crippen molar-refractivity contribution >= 4 is 0 Å². The van der Waals surface area contributed by atoms with Crippen molar-refractivity contribution in [1.29, 1.82) is 0 Å². The molecule has 8 heterocycles. The summed E-state index contributed by atoms with van der Waals surface area (Å²) in [6.07, 6.45) is 13.8. The first-order valence-electron chi connectivity index (χ1n) is 29.5. The molecule has 11 nitrogen and oxygen atoms in total. The van der Waals surface area contributed by atoms with Crippen LogP contribution in [0.4, 0.5) is 0 Å². The third kappa shape index (κ3) is 22.0. The van der Waals surface area contributed by atoms with Crippen molar-refractivity contribution in [2.45, 2.75) is 208 Å².